The molecular formula is C33H38N6O9. The van der Waals surface area contributed by atoms with Gasteiger partial charge in [-0.15, -0.1) is 0 Å². The summed E-state index contributed by atoms with van der Waals surface area (Å²) in [4.78, 5) is 75.3. The van der Waals surface area contributed by atoms with Crippen LogP contribution in [0.1, 0.15) is 23.6 Å². The third kappa shape index (κ3) is 12.8. The number of benzene rings is 3. The maximum Gasteiger partial charge on any atom is 0.408 e. The number of carbonyl (C=O) groups excluding carboxylic acids is 6. The third-order valence-electron chi connectivity index (χ3n) is 6.73. The molecule has 3 aromatic carbocycles. The first-order valence-corrected chi connectivity index (χ1v) is 14.9. The molecule has 0 heterocycles. The molecule has 8 N–H and O–H groups in total. The fourth-order valence-corrected chi connectivity index (χ4v) is 4.28. The number of ether oxygens (including phenoxy) is 1. The standard InChI is InChI=1S/C33H38N6O9/c1-21(41)38-39-32(46)27(16-22-8-4-2-5-9-22)35-29(43)18-34-30(44)28(19-40)36-31(45)26(17-23-12-14-25(42)15-13-23)37-33(47)48-20-24-10-6-3-7-11-24/h2-15,26-28,40,42H,16-20H2,1H3,(H,34,44)(H,35,43)(H,36,45)(H,37,47)(H,38,41)(H,39,46)/t26-,27-,28+/m0/s1. The number of carbonyl (C=O) groups is 6. The summed E-state index contributed by atoms with van der Waals surface area (Å²) >= 11 is 0. The third-order valence-corrected chi connectivity index (χ3v) is 6.73. The van der Waals surface area contributed by atoms with Gasteiger partial charge in [-0.1, -0.05) is 72.8 Å². The first-order valence-electron chi connectivity index (χ1n) is 14.9. The van der Waals surface area contributed by atoms with E-state index in [-0.39, 0.29) is 25.2 Å². The van der Waals surface area contributed by atoms with Gasteiger partial charge in [-0.25, -0.2) is 4.79 Å². The SMILES string of the molecule is CC(=O)NNC(=O)[C@H](Cc1ccccc1)NC(=O)CNC(=O)[C@@H](CO)NC(=O)[C@H](Cc1ccc(O)cc1)NC(=O)OCc1ccccc1. The maximum atomic E-state index is 13.3. The molecule has 0 saturated carbocycles. The summed E-state index contributed by atoms with van der Waals surface area (Å²) in [6, 6.07) is 19.6. The minimum atomic E-state index is -1.52. The van der Waals surface area contributed by atoms with Gasteiger partial charge >= 0.3 is 6.09 Å². The molecule has 0 aromatic heterocycles. The van der Waals surface area contributed by atoms with Crippen molar-refractivity contribution in [1.82, 2.24) is 32.1 Å². The van der Waals surface area contributed by atoms with Crippen LogP contribution in [0.15, 0.2) is 84.9 Å². The first kappa shape index (κ1) is 36.5. The molecular weight excluding hydrogens is 624 g/mol. The monoisotopic (exact) mass is 662 g/mol. The van der Waals surface area contributed by atoms with E-state index >= 15 is 0 Å². The molecule has 254 valence electrons. The van der Waals surface area contributed by atoms with Crippen molar-refractivity contribution in [3.63, 3.8) is 0 Å². The Morgan fingerprint density at radius 1 is 0.646 bits per heavy atom. The lowest BCUT2D eigenvalue weighted by Gasteiger charge is -2.22. The lowest BCUT2D eigenvalue weighted by molar-refractivity contribution is -0.133. The zero-order valence-corrected chi connectivity index (χ0v) is 26.1. The molecule has 0 spiro atoms. The Morgan fingerprint density at radius 2 is 1.21 bits per heavy atom. The fraction of sp³-hybridized carbons (Fsp3) is 0.273. The summed E-state index contributed by atoms with van der Waals surface area (Å²) in [7, 11) is 0. The quantitative estimate of drug-likeness (QED) is 0.100. The van der Waals surface area contributed by atoms with Crippen molar-refractivity contribution in [3.8, 4) is 5.75 Å². The summed E-state index contributed by atoms with van der Waals surface area (Å²) in [5.41, 5.74) is 6.36. The number of hydrogen-bond donors (Lipinski definition) is 8. The second kappa shape index (κ2) is 18.9. The van der Waals surface area contributed by atoms with E-state index in [1.807, 2.05) is 0 Å². The number of hydrazine groups is 1. The molecule has 0 aliphatic rings. The van der Waals surface area contributed by atoms with Gasteiger partial charge in [0.1, 0.15) is 30.5 Å². The highest BCUT2D eigenvalue weighted by Crippen LogP contribution is 2.12. The van der Waals surface area contributed by atoms with Crippen molar-refractivity contribution in [1.29, 1.82) is 0 Å². The molecule has 0 aliphatic carbocycles. The second-order valence-electron chi connectivity index (χ2n) is 10.6. The number of rotatable bonds is 15. The van der Waals surface area contributed by atoms with Crippen molar-refractivity contribution < 1.29 is 43.7 Å². The van der Waals surface area contributed by atoms with Crippen molar-refractivity contribution in [2.75, 3.05) is 13.2 Å². The summed E-state index contributed by atoms with van der Waals surface area (Å²) in [6.45, 7) is -0.338. The topological polar surface area (TPSA) is 224 Å². The van der Waals surface area contributed by atoms with Crippen LogP contribution in [0.5, 0.6) is 5.75 Å². The van der Waals surface area contributed by atoms with Crippen LogP contribution in [0.4, 0.5) is 4.79 Å². The molecule has 15 heteroatoms. The van der Waals surface area contributed by atoms with Gasteiger partial charge in [-0.2, -0.15) is 0 Å². The number of phenolic OH excluding ortho intramolecular Hbond substituents is 1. The number of alkyl carbamates (subject to hydrolysis) is 1. The van der Waals surface area contributed by atoms with Crippen molar-refractivity contribution >= 4 is 35.6 Å². The molecule has 15 nitrogen and oxygen atoms in total. The van der Waals surface area contributed by atoms with Crippen LogP contribution in [0.25, 0.3) is 0 Å². The van der Waals surface area contributed by atoms with E-state index in [1.165, 1.54) is 19.1 Å². The van der Waals surface area contributed by atoms with Gasteiger partial charge in [0.05, 0.1) is 13.2 Å². The molecule has 0 radical (unpaired) electrons. The summed E-state index contributed by atoms with van der Waals surface area (Å²) < 4.78 is 5.23. The van der Waals surface area contributed by atoms with Gasteiger partial charge in [0.15, 0.2) is 0 Å². The molecule has 0 bridgehead atoms. The van der Waals surface area contributed by atoms with E-state index in [2.05, 4.69) is 32.1 Å². The molecule has 3 rings (SSSR count). The Morgan fingerprint density at radius 3 is 1.79 bits per heavy atom. The Bertz CT molecular complexity index is 1540. The molecule has 0 unspecified atom stereocenters. The van der Waals surface area contributed by atoms with Gasteiger partial charge in [0, 0.05) is 19.8 Å². The Balaban J connectivity index is 1.61. The van der Waals surface area contributed by atoms with Crippen LogP contribution in [-0.2, 0) is 48.2 Å². The fourth-order valence-electron chi connectivity index (χ4n) is 4.28. The van der Waals surface area contributed by atoms with Crippen molar-refractivity contribution in [3.05, 3.63) is 102 Å². The second-order valence-corrected chi connectivity index (χ2v) is 10.6. The van der Waals surface area contributed by atoms with Gasteiger partial charge in [0.2, 0.25) is 23.6 Å². The molecule has 6 amide bonds. The Hall–Kier alpha value is -5.96. The van der Waals surface area contributed by atoms with E-state index < -0.39 is 66.9 Å². The summed E-state index contributed by atoms with van der Waals surface area (Å²) in [6.07, 6.45) is -0.894. The van der Waals surface area contributed by atoms with Gasteiger partial charge in [-0.3, -0.25) is 34.8 Å². The number of phenols is 1. The van der Waals surface area contributed by atoms with E-state index in [0.29, 0.717) is 16.7 Å². The molecule has 3 atom stereocenters. The molecule has 0 fully saturated rings. The minimum Gasteiger partial charge on any atom is -0.508 e. The lowest BCUT2D eigenvalue weighted by atomic mass is 10.0. The first-order chi connectivity index (χ1) is 23.0. The van der Waals surface area contributed by atoms with E-state index in [4.69, 9.17) is 4.74 Å². The van der Waals surface area contributed by atoms with E-state index in [0.717, 1.165) is 0 Å². The zero-order chi connectivity index (χ0) is 34.9. The highest BCUT2D eigenvalue weighted by molar-refractivity contribution is 5.94. The molecule has 0 aliphatic heterocycles. The maximum absolute atomic E-state index is 13.3. The molecule has 48 heavy (non-hydrogen) atoms. The van der Waals surface area contributed by atoms with E-state index in [1.54, 1.807) is 72.8 Å². The van der Waals surface area contributed by atoms with Crippen LogP contribution in [-0.4, -0.2) is 77.1 Å². The van der Waals surface area contributed by atoms with Crippen LogP contribution in [0.3, 0.4) is 0 Å². The largest absolute Gasteiger partial charge is 0.508 e. The van der Waals surface area contributed by atoms with Crippen LogP contribution in [0, 0.1) is 0 Å². The minimum absolute atomic E-state index is 0.00391. The predicted molar refractivity (Wildman–Crippen MR) is 171 cm³/mol. The molecule has 0 saturated heterocycles. The summed E-state index contributed by atoms with van der Waals surface area (Å²) in [5.74, 6) is -3.76. The Labute approximate surface area is 276 Å². The lowest BCUT2D eigenvalue weighted by Crippen LogP contribution is -2.57. The number of nitrogens with one attached hydrogen (secondary N) is 6. The number of amides is 6. The molecule has 3 aromatic rings. The number of aliphatic hydroxyl groups excluding tert-OH is 1. The average Bonchev–Trinajstić information content (AvgIpc) is 3.08. The highest BCUT2D eigenvalue weighted by atomic mass is 16.5. The number of aliphatic hydroxyl groups is 1. The van der Waals surface area contributed by atoms with Crippen molar-refractivity contribution in [2.24, 2.45) is 0 Å². The van der Waals surface area contributed by atoms with Crippen molar-refractivity contribution in [2.45, 2.75) is 44.5 Å². The highest BCUT2D eigenvalue weighted by Gasteiger charge is 2.28. The zero-order valence-electron chi connectivity index (χ0n) is 26.1. The number of hydrogen-bond acceptors (Lipinski definition) is 9. The van der Waals surface area contributed by atoms with Crippen LogP contribution in [0.2, 0.25) is 0 Å². The van der Waals surface area contributed by atoms with Gasteiger partial charge in [0.25, 0.3) is 5.91 Å². The number of aromatic hydroxyl groups is 1. The Kier molecular flexibility index (Phi) is 14.4. The van der Waals surface area contributed by atoms with Crippen LogP contribution < -0.4 is 32.1 Å². The van der Waals surface area contributed by atoms with Gasteiger partial charge in [-0.05, 0) is 28.8 Å². The van der Waals surface area contributed by atoms with E-state index in [9.17, 15) is 39.0 Å². The summed E-state index contributed by atoms with van der Waals surface area (Å²) in [5, 5.41) is 29.1. The smallest absolute Gasteiger partial charge is 0.408 e. The average molecular weight is 663 g/mol. The van der Waals surface area contributed by atoms with Crippen LogP contribution >= 0.6 is 0 Å². The normalized spacial score (nSPS) is 12.3. The van der Waals surface area contributed by atoms with Gasteiger partial charge < -0.3 is 36.2 Å². The predicted octanol–water partition coefficient (Wildman–Crippen LogP) is -0.282.